The van der Waals surface area contributed by atoms with E-state index in [2.05, 4.69) is 11.9 Å². The highest BCUT2D eigenvalue weighted by molar-refractivity contribution is 5.87. The minimum atomic E-state index is -0.0612. The van der Waals surface area contributed by atoms with Crippen molar-refractivity contribution >= 4 is 5.91 Å². The van der Waals surface area contributed by atoms with E-state index in [-0.39, 0.29) is 12.0 Å². The predicted octanol–water partition coefficient (Wildman–Crippen LogP) is 2.36. The van der Waals surface area contributed by atoms with Crippen molar-refractivity contribution in [3.63, 3.8) is 0 Å². The van der Waals surface area contributed by atoms with Crippen LogP contribution >= 0.6 is 0 Å². The van der Waals surface area contributed by atoms with Gasteiger partial charge in [-0.2, -0.15) is 0 Å². The molecule has 1 atom stereocenters. The summed E-state index contributed by atoms with van der Waals surface area (Å²) in [5, 5.41) is 2.83. The van der Waals surface area contributed by atoms with Crippen molar-refractivity contribution in [3.05, 3.63) is 37.0 Å². The predicted molar refractivity (Wildman–Crippen MR) is 69.7 cm³/mol. The van der Waals surface area contributed by atoms with Gasteiger partial charge in [0.05, 0.1) is 6.10 Å². The normalized spacial score (nSPS) is 20.1. The Labute approximate surface area is 103 Å². The maximum Gasteiger partial charge on any atom is 0.244 e. The number of nitrogens with one attached hydrogen (secondary N) is 1. The molecule has 0 aromatic heterocycles. The Morgan fingerprint density at radius 1 is 1.41 bits per heavy atom. The van der Waals surface area contributed by atoms with Gasteiger partial charge in [0.2, 0.25) is 5.91 Å². The molecule has 1 aliphatic rings. The van der Waals surface area contributed by atoms with Crippen LogP contribution in [-0.4, -0.2) is 25.2 Å². The second kappa shape index (κ2) is 8.76. The summed E-state index contributed by atoms with van der Waals surface area (Å²) in [4.78, 5) is 11.4. The highest BCUT2D eigenvalue weighted by Gasteiger charge is 2.15. The van der Waals surface area contributed by atoms with E-state index in [0.717, 1.165) is 32.3 Å². The van der Waals surface area contributed by atoms with Crippen LogP contribution in [0, 0.1) is 0 Å². The van der Waals surface area contributed by atoms with Crippen LogP contribution in [0.1, 0.15) is 25.7 Å². The smallest absolute Gasteiger partial charge is 0.244 e. The van der Waals surface area contributed by atoms with Gasteiger partial charge in [0.15, 0.2) is 0 Å². The molecule has 17 heavy (non-hydrogen) atoms. The molecule has 3 nitrogen and oxygen atoms in total. The zero-order valence-corrected chi connectivity index (χ0v) is 10.2. The van der Waals surface area contributed by atoms with E-state index in [4.69, 9.17) is 4.74 Å². The van der Waals surface area contributed by atoms with Gasteiger partial charge >= 0.3 is 0 Å². The summed E-state index contributed by atoms with van der Waals surface area (Å²) in [6.45, 7) is 5.08. The van der Waals surface area contributed by atoms with Crippen molar-refractivity contribution in [2.24, 2.45) is 0 Å². The Morgan fingerprint density at radius 3 is 3.00 bits per heavy atom. The Morgan fingerprint density at radius 2 is 2.29 bits per heavy atom. The number of carbonyl (C=O) groups is 1. The summed E-state index contributed by atoms with van der Waals surface area (Å²) in [6, 6.07) is 0. The van der Waals surface area contributed by atoms with Gasteiger partial charge in [0.25, 0.3) is 0 Å². The third-order valence-corrected chi connectivity index (χ3v) is 2.56. The van der Waals surface area contributed by atoms with Gasteiger partial charge in [-0.1, -0.05) is 24.3 Å². The van der Waals surface area contributed by atoms with Crippen molar-refractivity contribution in [3.8, 4) is 0 Å². The van der Waals surface area contributed by atoms with Crippen molar-refractivity contribution in [2.45, 2.75) is 31.8 Å². The van der Waals surface area contributed by atoms with E-state index < -0.39 is 0 Å². The molecule has 0 aromatic carbocycles. The molecule has 1 unspecified atom stereocenters. The maximum absolute atomic E-state index is 11.4. The molecule has 1 saturated heterocycles. The first kappa shape index (κ1) is 13.7. The topological polar surface area (TPSA) is 38.3 Å². The van der Waals surface area contributed by atoms with Gasteiger partial charge in [-0.25, -0.2) is 0 Å². The minimum absolute atomic E-state index is 0.0612. The summed E-state index contributed by atoms with van der Waals surface area (Å²) >= 11 is 0. The van der Waals surface area contributed by atoms with Crippen LogP contribution < -0.4 is 5.32 Å². The minimum Gasteiger partial charge on any atom is -0.376 e. The van der Waals surface area contributed by atoms with Crippen molar-refractivity contribution < 1.29 is 9.53 Å². The number of rotatable bonds is 7. The van der Waals surface area contributed by atoms with E-state index in [1.165, 1.54) is 0 Å². The molecular formula is C14H21NO2. The van der Waals surface area contributed by atoms with Crippen LogP contribution in [0.25, 0.3) is 0 Å². The largest absolute Gasteiger partial charge is 0.376 e. The van der Waals surface area contributed by atoms with Gasteiger partial charge in [0, 0.05) is 19.2 Å². The first-order valence-corrected chi connectivity index (χ1v) is 6.16. The van der Waals surface area contributed by atoms with Crippen LogP contribution in [0.3, 0.4) is 0 Å². The molecule has 1 heterocycles. The first-order valence-electron chi connectivity index (χ1n) is 6.16. The van der Waals surface area contributed by atoms with Gasteiger partial charge in [-0.15, -0.1) is 6.58 Å². The van der Waals surface area contributed by atoms with Crippen LogP contribution in [-0.2, 0) is 9.53 Å². The molecule has 1 aliphatic heterocycles. The summed E-state index contributed by atoms with van der Waals surface area (Å²) in [7, 11) is 0. The van der Waals surface area contributed by atoms with E-state index in [1.807, 2.05) is 18.2 Å². The van der Waals surface area contributed by atoms with Crippen LogP contribution in [0.15, 0.2) is 37.0 Å². The van der Waals surface area contributed by atoms with Crippen LogP contribution in [0.5, 0.6) is 0 Å². The molecule has 0 spiro atoms. The Balaban J connectivity index is 2.08. The number of amides is 1. The molecule has 94 valence electrons. The Kier molecular flexibility index (Phi) is 7.07. The van der Waals surface area contributed by atoms with E-state index in [1.54, 1.807) is 12.2 Å². The fourth-order valence-corrected chi connectivity index (χ4v) is 1.61. The molecule has 0 bridgehead atoms. The summed E-state index contributed by atoms with van der Waals surface area (Å²) in [6.07, 6.45) is 13.4. The maximum atomic E-state index is 11.4. The van der Waals surface area contributed by atoms with E-state index in [0.29, 0.717) is 6.54 Å². The number of allylic oxidation sites excluding steroid dienone is 4. The Bertz CT molecular complexity index is 289. The lowest BCUT2D eigenvalue weighted by Crippen LogP contribution is -2.30. The van der Waals surface area contributed by atoms with E-state index >= 15 is 0 Å². The number of unbranched alkanes of at least 4 members (excludes halogenated alkanes) is 1. The molecule has 1 fully saturated rings. The first-order chi connectivity index (χ1) is 8.33. The molecule has 0 aromatic rings. The van der Waals surface area contributed by atoms with Gasteiger partial charge < -0.3 is 10.1 Å². The van der Waals surface area contributed by atoms with Gasteiger partial charge in [-0.3, -0.25) is 4.79 Å². The summed E-state index contributed by atoms with van der Waals surface area (Å²) in [5.74, 6) is -0.0612. The zero-order valence-electron chi connectivity index (χ0n) is 10.2. The van der Waals surface area contributed by atoms with Crippen molar-refractivity contribution in [1.29, 1.82) is 0 Å². The SMILES string of the molecule is C=CCC/C=C/C=C/C(=O)NCC1CCCO1. The van der Waals surface area contributed by atoms with Gasteiger partial charge in [0.1, 0.15) is 0 Å². The van der Waals surface area contributed by atoms with E-state index in [9.17, 15) is 4.79 Å². The molecule has 0 saturated carbocycles. The summed E-state index contributed by atoms with van der Waals surface area (Å²) < 4.78 is 5.41. The molecule has 3 heteroatoms. The lowest BCUT2D eigenvalue weighted by Gasteiger charge is -2.08. The van der Waals surface area contributed by atoms with Crippen molar-refractivity contribution in [1.82, 2.24) is 5.32 Å². The molecule has 1 rings (SSSR count). The number of carbonyl (C=O) groups excluding carboxylic acids is 1. The highest BCUT2D eigenvalue weighted by Crippen LogP contribution is 2.10. The van der Waals surface area contributed by atoms with Crippen LogP contribution in [0.4, 0.5) is 0 Å². The molecular weight excluding hydrogens is 214 g/mol. The Hall–Kier alpha value is -1.35. The number of hydrogen-bond donors (Lipinski definition) is 1. The second-order valence-corrected chi connectivity index (χ2v) is 4.03. The monoisotopic (exact) mass is 235 g/mol. The highest BCUT2D eigenvalue weighted by atomic mass is 16.5. The standard InChI is InChI=1S/C14H21NO2/c1-2-3-4-5-6-7-10-14(16)15-12-13-9-8-11-17-13/h2,5-7,10,13H,1,3-4,8-9,11-12H2,(H,15,16)/b6-5+,10-7+. The quantitative estimate of drug-likeness (QED) is 0.318. The lowest BCUT2D eigenvalue weighted by molar-refractivity contribution is -0.117. The fraction of sp³-hybridized carbons (Fsp3) is 0.500. The van der Waals surface area contributed by atoms with Gasteiger partial charge in [-0.05, 0) is 25.7 Å². The van der Waals surface area contributed by atoms with Crippen LogP contribution in [0.2, 0.25) is 0 Å². The zero-order chi connectivity index (χ0) is 12.3. The second-order valence-electron chi connectivity index (χ2n) is 4.03. The molecule has 1 amide bonds. The molecule has 0 aliphatic carbocycles. The molecule has 0 radical (unpaired) electrons. The third kappa shape index (κ3) is 6.74. The number of hydrogen-bond acceptors (Lipinski definition) is 2. The average Bonchev–Trinajstić information content (AvgIpc) is 2.84. The fourth-order valence-electron chi connectivity index (χ4n) is 1.61. The lowest BCUT2D eigenvalue weighted by atomic mass is 10.2. The number of ether oxygens (including phenoxy) is 1. The summed E-state index contributed by atoms with van der Waals surface area (Å²) in [5.41, 5.74) is 0. The molecule has 1 N–H and O–H groups in total. The average molecular weight is 235 g/mol. The van der Waals surface area contributed by atoms with Crippen molar-refractivity contribution in [2.75, 3.05) is 13.2 Å². The third-order valence-electron chi connectivity index (χ3n) is 2.56.